The van der Waals surface area contributed by atoms with Crippen LogP contribution in [0, 0.1) is 0 Å². The molecule has 4 heteroatoms. The summed E-state index contributed by atoms with van der Waals surface area (Å²) in [5, 5.41) is 0.341. The summed E-state index contributed by atoms with van der Waals surface area (Å²) in [6, 6.07) is 7.33. The second-order valence-corrected chi connectivity index (χ2v) is 4.65. The fourth-order valence-electron chi connectivity index (χ4n) is 0.735. The van der Waals surface area contributed by atoms with Crippen molar-refractivity contribution in [3.05, 3.63) is 34.9 Å². The topological polar surface area (TPSA) is 43.1 Å². The summed E-state index contributed by atoms with van der Waals surface area (Å²) >= 11 is 6.76. The number of benzene rings is 1. The molecule has 0 fully saturated rings. The maximum absolute atomic E-state index is 10.4. The highest BCUT2D eigenvalue weighted by atomic mass is 35.5. The molecule has 1 aromatic rings. The van der Waals surface area contributed by atoms with E-state index in [0.717, 1.165) is 17.3 Å². The minimum atomic E-state index is -0.357. The monoisotopic (exact) mass is 259 g/mol. The van der Waals surface area contributed by atoms with Gasteiger partial charge in [-0.3, -0.25) is 4.79 Å². The van der Waals surface area contributed by atoms with Gasteiger partial charge in [0.05, 0.1) is 0 Å². The molecule has 0 bridgehead atoms. The van der Waals surface area contributed by atoms with Crippen LogP contribution in [0.25, 0.3) is 0 Å². The lowest BCUT2D eigenvalue weighted by molar-refractivity contribution is 0.267. The van der Waals surface area contributed by atoms with E-state index in [9.17, 15) is 4.79 Å². The van der Waals surface area contributed by atoms with Gasteiger partial charge in [0.15, 0.2) is 0 Å². The number of carbonyl (C=O) groups excluding carboxylic acids is 1. The Morgan fingerprint density at radius 2 is 1.75 bits per heavy atom. The first kappa shape index (κ1) is 15.3. The first-order chi connectivity index (χ1) is 7.60. The van der Waals surface area contributed by atoms with Gasteiger partial charge in [0.2, 0.25) is 0 Å². The van der Waals surface area contributed by atoms with Gasteiger partial charge < -0.3 is 5.73 Å². The Morgan fingerprint density at radius 3 is 2.12 bits per heavy atom. The average Bonchev–Trinajstić information content (AvgIpc) is 2.28. The van der Waals surface area contributed by atoms with Crippen LogP contribution in [0.2, 0.25) is 5.02 Å². The van der Waals surface area contributed by atoms with Crippen molar-refractivity contribution in [2.75, 3.05) is 0 Å². The summed E-state index contributed by atoms with van der Waals surface area (Å²) < 4.78 is 0. The quantitative estimate of drug-likeness (QED) is 0.871. The molecule has 0 aliphatic heterocycles. The summed E-state index contributed by atoms with van der Waals surface area (Å²) in [6.45, 7) is 4.36. The molecule has 0 radical (unpaired) electrons. The number of primary amides is 1. The molecule has 0 atom stereocenters. The van der Waals surface area contributed by atoms with Crippen LogP contribution in [-0.2, 0) is 5.75 Å². The van der Waals surface area contributed by atoms with Crippen LogP contribution >= 0.6 is 23.4 Å². The number of nitrogens with two attached hydrogens (primary N) is 1. The predicted octanol–water partition coefficient (Wildman–Crippen LogP) is 4.46. The van der Waals surface area contributed by atoms with Crippen molar-refractivity contribution in [1.82, 2.24) is 0 Å². The van der Waals surface area contributed by atoms with Crippen molar-refractivity contribution in [3.63, 3.8) is 0 Å². The van der Waals surface area contributed by atoms with E-state index in [1.165, 1.54) is 12.8 Å². The van der Waals surface area contributed by atoms with Gasteiger partial charge >= 0.3 is 0 Å². The first-order valence-corrected chi connectivity index (χ1v) is 6.63. The normalized spacial score (nSPS) is 9.19. The molecule has 0 heterocycles. The van der Waals surface area contributed by atoms with E-state index in [4.69, 9.17) is 17.3 Å². The van der Waals surface area contributed by atoms with E-state index in [1.807, 2.05) is 12.1 Å². The van der Waals surface area contributed by atoms with Gasteiger partial charge in [0.1, 0.15) is 0 Å². The second kappa shape index (κ2) is 9.55. The van der Waals surface area contributed by atoms with Crippen LogP contribution in [0.15, 0.2) is 24.3 Å². The SMILES string of the molecule is CCCC.NC(=O)SCc1ccc(Cl)cc1. The molecule has 0 saturated heterocycles. The Morgan fingerprint density at radius 1 is 1.25 bits per heavy atom. The summed E-state index contributed by atoms with van der Waals surface area (Å²) in [4.78, 5) is 10.4. The number of thioether (sulfide) groups is 1. The van der Waals surface area contributed by atoms with Gasteiger partial charge in [-0.2, -0.15) is 0 Å². The fraction of sp³-hybridized carbons (Fsp3) is 0.417. The van der Waals surface area contributed by atoms with Crippen LogP contribution in [0.4, 0.5) is 4.79 Å². The Balaban J connectivity index is 0.000000487. The number of carbonyl (C=O) groups is 1. The lowest BCUT2D eigenvalue weighted by Crippen LogP contribution is -2.02. The van der Waals surface area contributed by atoms with Crippen molar-refractivity contribution < 1.29 is 4.79 Å². The molecule has 0 aliphatic rings. The van der Waals surface area contributed by atoms with Crippen molar-refractivity contribution in [2.45, 2.75) is 32.4 Å². The molecule has 1 amide bonds. The van der Waals surface area contributed by atoms with E-state index < -0.39 is 0 Å². The molecule has 1 aromatic carbocycles. The highest BCUT2D eigenvalue weighted by Gasteiger charge is 1.96. The van der Waals surface area contributed by atoms with Gasteiger partial charge in [-0.25, -0.2) is 0 Å². The van der Waals surface area contributed by atoms with Crippen LogP contribution in [-0.4, -0.2) is 5.24 Å². The predicted molar refractivity (Wildman–Crippen MR) is 72.9 cm³/mol. The van der Waals surface area contributed by atoms with Crippen molar-refractivity contribution in [2.24, 2.45) is 5.73 Å². The van der Waals surface area contributed by atoms with Crippen LogP contribution in [0.3, 0.4) is 0 Å². The highest BCUT2D eigenvalue weighted by Crippen LogP contribution is 2.14. The van der Waals surface area contributed by atoms with E-state index in [0.29, 0.717) is 10.8 Å². The number of hydrogen-bond acceptors (Lipinski definition) is 2. The molecule has 0 saturated carbocycles. The third-order valence-corrected chi connectivity index (χ3v) is 2.81. The Hall–Kier alpha value is -0.670. The summed E-state index contributed by atoms with van der Waals surface area (Å²) in [6.07, 6.45) is 2.64. The third kappa shape index (κ3) is 8.62. The summed E-state index contributed by atoms with van der Waals surface area (Å²) in [5.41, 5.74) is 6.01. The minimum Gasteiger partial charge on any atom is -0.361 e. The van der Waals surface area contributed by atoms with Gasteiger partial charge in [0, 0.05) is 10.8 Å². The largest absolute Gasteiger partial charge is 0.361 e. The fourth-order valence-corrected chi connectivity index (χ4v) is 1.36. The molecular formula is C12H18ClNOS. The first-order valence-electron chi connectivity index (χ1n) is 5.26. The Labute approximate surface area is 107 Å². The third-order valence-electron chi connectivity index (χ3n) is 1.79. The molecule has 0 aromatic heterocycles. The number of hydrogen-bond donors (Lipinski definition) is 1. The second-order valence-electron chi connectivity index (χ2n) is 3.23. The molecule has 0 spiro atoms. The van der Waals surface area contributed by atoms with E-state index in [1.54, 1.807) is 12.1 Å². The molecule has 0 unspecified atom stereocenters. The number of rotatable bonds is 3. The minimum absolute atomic E-state index is 0.357. The molecule has 16 heavy (non-hydrogen) atoms. The zero-order valence-electron chi connectivity index (χ0n) is 9.70. The van der Waals surface area contributed by atoms with Gasteiger partial charge in [-0.1, -0.05) is 62.2 Å². The Bertz CT molecular complexity index is 298. The van der Waals surface area contributed by atoms with Crippen LogP contribution in [0.1, 0.15) is 32.3 Å². The van der Waals surface area contributed by atoms with Crippen LogP contribution < -0.4 is 5.73 Å². The maximum atomic E-state index is 10.4. The lowest BCUT2D eigenvalue weighted by Gasteiger charge is -1.97. The van der Waals surface area contributed by atoms with Crippen molar-refractivity contribution in [1.29, 1.82) is 0 Å². The van der Waals surface area contributed by atoms with E-state index in [2.05, 4.69) is 13.8 Å². The van der Waals surface area contributed by atoms with Crippen LogP contribution in [0.5, 0.6) is 0 Å². The van der Waals surface area contributed by atoms with Gasteiger partial charge in [0.25, 0.3) is 5.24 Å². The number of halogens is 1. The highest BCUT2D eigenvalue weighted by molar-refractivity contribution is 8.12. The van der Waals surface area contributed by atoms with Gasteiger partial charge in [-0.15, -0.1) is 0 Å². The molecule has 0 aliphatic carbocycles. The van der Waals surface area contributed by atoms with Gasteiger partial charge in [-0.05, 0) is 17.7 Å². The molecule has 2 nitrogen and oxygen atoms in total. The molecular weight excluding hydrogens is 242 g/mol. The van der Waals surface area contributed by atoms with E-state index >= 15 is 0 Å². The van der Waals surface area contributed by atoms with Crippen molar-refractivity contribution in [3.8, 4) is 0 Å². The zero-order chi connectivity index (χ0) is 12.4. The smallest absolute Gasteiger partial charge is 0.276 e. The average molecular weight is 260 g/mol. The lowest BCUT2D eigenvalue weighted by atomic mass is 10.2. The van der Waals surface area contributed by atoms with E-state index in [-0.39, 0.29) is 5.24 Å². The molecule has 90 valence electrons. The number of unbranched alkanes of at least 4 members (excludes halogenated alkanes) is 1. The summed E-state index contributed by atoms with van der Waals surface area (Å²) in [7, 11) is 0. The molecule has 1 rings (SSSR count). The zero-order valence-corrected chi connectivity index (χ0v) is 11.3. The summed E-state index contributed by atoms with van der Waals surface area (Å²) in [5.74, 6) is 0.604. The van der Waals surface area contributed by atoms with Crippen molar-refractivity contribution >= 4 is 28.6 Å². The maximum Gasteiger partial charge on any atom is 0.276 e. The number of amides is 1. The Kier molecular flexibility index (Phi) is 9.15. The standard InChI is InChI=1S/C8H8ClNOS.C4H10/c9-7-3-1-6(2-4-7)5-12-8(10)11;1-3-4-2/h1-4H,5H2,(H2,10,11);3-4H2,1-2H3. The molecule has 2 N–H and O–H groups in total.